The normalized spacial score (nSPS) is 17.7. The number of carbonyl (C=O) groups is 1. The number of hydrogen-bond acceptors (Lipinski definition) is 7. The number of thiazole rings is 1. The molecule has 2 aromatic heterocycles. The largest absolute Gasteiger partial charge is 0.339 e. The average molecular weight is 435 g/mol. The second kappa shape index (κ2) is 9.11. The van der Waals surface area contributed by atoms with Crippen LogP contribution in [-0.4, -0.2) is 62.9 Å². The number of amides is 1. The van der Waals surface area contributed by atoms with Crippen LogP contribution in [0.15, 0.2) is 48.1 Å². The van der Waals surface area contributed by atoms with Gasteiger partial charge in [-0.3, -0.25) is 4.79 Å². The maximum absolute atomic E-state index is 12.9. The van der Waals surface area contributed by atoms with Crippen LogP contribution < -0.4 is 5.32 Å². The number of hydrogen-bond donors (Lipinski definition) is 1. The monoisotopic (exact) mass is 434 g/mol. The highest BCUT2D eigenvalue weighted by Crippen LogP contribution is 2.24. The Bertz CT molecular complexity index is 1010. The van der Waals surface area contributed by atoms with E-state index >= 15 is 0 Å². The quantitative estimate of drug-likeness (QED) is 0.653. The molecule has 7 nitrogen and oxygen atoms in total. The molecule has 0 saturated carbocycles. The van der Waals surface area contributed by atoms with Gasteiger partial charge in [0.25, 0.3) is 5.91 Å². The first kappa shape index (κ1) is 20.1. The van der Waals surface area contributed by atoms with Gasteiger partial charge in [0.1, 0.15) is 10.7 Å². The van der Waals surface area contributed by atoms with E-state index in [4.69, 9.17) is 0 Å². The maximum atomic E-state index is 12.9. The van der Waals surface area contributed by atoms with E-state index < -0.39 is 0 Å². The molecule has 1 amide bonds. The molecule has 0 radical (unpaired) electrons. The van der Waals surface area contributed by atoms with Crippen molar-refractivity contribution >= 4 is 28.9 Å². The van der Waals surface area contributed by atoms with Crippen LogP contribution in [0.1, 0.15) is 36.0 Å². The predicted molar refractivity (Wildman–Crippen MR) is 123 cm³/mol. The number of aromatic nitrogens is 3. The number of carbonyl (C=O) groups excluding carboxylic acids is 1. The molecule has 5 rings (SSSR count). The minimum atomic E-state index is 0.119. The Labute approximate surface area is 186 Å². The number of anilines is 2. The van der Waals surface area contributed by atoms with E-state index in [0.29, 0.717) is 12.0 Å². The molecule has 3 aromatic rings. The first-order valence-electron chi connectivity index (χ1n) is 10.9. The zero-order valence-corrected chi connectivity index (χ0v) is 18.2. The van der Waals surface area contributed by atoms with Gasteiger partial charge in [-0.2, -0.15) is 0 Å². The van der Waals surface area contributed by atoms with Gasteiger partial charge in [0.05, 0.1) is 0 Å². The standard InChI is InChI=1S/C23H26N6OS/c30-22(29-14-8-19(9-15-29)28-12-1-2-13-28)17-3-5-18(6-4-17)26-23-25-10-7-20(27-23)21-24-11-16-31-21/h3-7,10-11,16,19H,1-2,8-9,12-15H2,(H,25,26,27). The summed E-state index contributed by atoms with van der Waals surface area (Å²) in [6.07, 6.45) is 8.28. The number of rotatable bonds is 5. The molecule has 2 aliphatic heterocycles. The summed E-state index contributed by atoms with van der Waals surface area (Å²) in [7, 11) is 0. The van der Waals surface area contributed by atoms with Crippen LogP contribution in [0.3, 0.4) is 0 Å². The van der Waals surface area contributed by atoms with Gasteiger partial charge >= 0.3 is 0 Å². The van der Waals surface area contributed by atoms with Gasteiger partial charge in [-0.1, -0.05) is 0 Å². The highest BCUT2D eigenvalue weighted by Gasteiger charge is 2.28. The molecule has 2 saturated heterocycles. The second-order valence-corrected chi connectivity index (χ2v) is 8.97. The summed E-state index contributed by atoms with van der Waals surface area (Å²) in [6, 6.07) is 10.1. The molecule has 1 aromatic carbocycles. The predicted octanol–water partition coefficient (Wildman–Crippen LogP) is 4.04. The fourth-order valence-corrected chi connectivity index (χ4v) is 5.04. The van der Waals surface area contributed by atoms with Gasteiger partial charge in [-0.05, 0) is 69.1 Å². The topological polar surface area (TPSA) is 74.2 Å². The van der Waals surface area contributed by atoms with E-state index in [0.717, 1.165) is 47.9 Å². The summed E-state index contributed by atoms with van der Waals surface area (Å²) in [5.41, 5.74) is 2.36. The Morgan fingerprint density at radius 3 is 2.45 bits per heavy atom. The van der Waals surface area contributed by atoms with Crippen LogP contribution in [0.25, 0.3) is 10.7 Å². The summed E-state index contributed by atoms with van der Waals surface area (Å²) in [6.45, 7) is 4.14. The zero-order chi connectivity index (χ0) is 21.0. The van der Waals surface area contributed by atoms with Crippen molar-refractivity contribution in [3.63, 3.8) is 0 Å². The molecule has 0 aliphatic carbocycles. The molecule has 4 heterocycles. The van der Waals surface area contributed by atoms with E-state index in [-0.39, 0.29) is 5.91 Å². The summed E-state index contributed by atoms with van der Waals surface area (Å²) < 4.78 is 0. The first-order chi connectivity index (χ1) is 15.3. The van der Waals surface area contributed by atoms with E-state index in [1.54, 1.807) is 23.7 Å². The smallest absolute Gasteiger partial charge is 0.253 e. The van der Waals surface area contributed by atoms with Crippen LogP contribution in [0.4, 0.5) is 11.6 Å². The molecule has 0 spiro atoms. The third kappa shape index (κ3) is 4.60. The molecule has 1 N–H and O–H groups in total. The van der Waals surface area contributed by atoms with Gasteiger partial charge in [0.2, 0.25) is 5.95 Å². The van der Waals surface area contributed by atoms with Crippen molar-refractivity contribution in [3.05, 3.63) is 53.7 Å². The molecule has 160 valence electrons. The molecule has 31 heavy (non-hydrogen) atoms. The van der Waals surface area contributed by atoms with Gasteiger partial charge in [0, 0.05) is 48.2 Å². The van der Waals surface area contributed by atoms with Crippen LogP contribution in [0.5, 0.6) is 0 Å². The van der Waals surface area contributed by atoms with Gasteiger partial charge in [-0.15, -0.1) is 11.3 Å². The van der Waals surface area contributed by atoms with Crippen molar-refractivity contribution in [3.8, 4) is 10.7 Å². The van der Waals surface area contributed by atoms with E-state index in [9.17, 15) is 4.79 Å². The molecule has 8 heteroatoms. The second-order valence-electron chi connectivity index (χ2n) is 8.07. The van der Waals surface area contributed by atoms with Crippen molar-refractivity contribution in [2.75, 3.05) is 31.5 Å². The number of nitrogens with one attached hydrogen (secondary N) is 1. The van der Waals surface area contributed by atoms with Crippen molar-refractivity contribution < 1.29 is 4.79 Å². The number of likely N-dealkylation sites (tertiary alicyclic amines) is 2. The lowest BCUT2D eigenvalue weighted by molar-refractivity contribution is 0.0644. The van der Waals surface area contributed by atoms with Crippen molar-refractivity contribution in [2.24, 2.45) is 0 Å². The number of nitrogens with zero attached hydrogens (tertiary/aromatic N) is 5. The van der Waals surface area contributed by atoms with Crippen LogP contribution in [0.2, 0.25) is 0 Å². The lowest BCUT2D eigenvalue weighted by atomic mass is 10.0. The maximum Gasteiger partial charge on any atom is 0.253 e. The minimum absolute atomic E-state index is 0.119. The van der Waals surface area contributed by atoms with E-state index in [2.05, 4.69) is 25.2 Å². The third-order valence-corrected chi connectivity index (χ3v) is 6.90. The highest BCUT2D eigenvalue weighted by molar-refractivity contribution is 7.13. The zero-order valence-electron chi connectivity index (χ0n) is 17.4. The Kier molecular flexibility index (Phi) is 5.90. The number of benzene rings is 1. The van der Waals surface area contributed by atoms with Crippen LogP contribution in [-0.2, 0) is 0 Å². The van der Waals surface area contributed by atoms with Crippen LogP contribution >= 0.6 is 11.3 Å². The molecule has 0 bridgehead atoms. The fraction of sp³-hybridized carbons (Fsp3) is 0.391. The lowest BCUT2D eigenvalue weighted by Gasteiger charge is -2.36. The molecular weight excluding hydrogens is 408 g/mol. The molecule has 2 fully saturated rings. The summed E-state index contributed by atoms with van der Waals surface area (Å²) >= 11 is 1.54. The van der Waals surface area contributed by atoms with Gasteiger partial charge < -0.3 is 15.1 Å². The first-order valence-corrected chi connectivity index (χ1v) is 11.8. The molecule has 0 unspecified atom stereocenters. The summed E-state index contributed by atoms with van der Waals surface area (Å²) in [5.74, 6) is 0.629. The fourth-order valence-electron chi connectivity index (χ4n) is 4.44. The van der Waals surface area contributed by atoms with Gasteiger partial charge in [-0.25, -0.2) is 15.0 Å². The van der Waals surface area contributed by atoms with E-state index in [1.807, 2.05) is 40.6 Å². The molecule has 2 aliphatic rings. The highest BCUT2D eigenvalue weighted by atomic mass is 32.1. The van der Waals surface area contributed by atoms with Crippen molar-refractivity contribution in [1.29, 1.82) is 0 Å². The van der Waals surface area contributed by atoms with Crippen molar-refractivity contribution in [1.82, 2.24) is 24.8 Å². The third-order valence-electron chi connectivity index (χ3n) is 6.10. The average Bonchev–Trinajstić information content (AvgIpc) is 3.54. The molecule has 0 atom stereocenters. The Morgan fingerprint density at radius 2 is 1.74 bits per heavy atom. The van der Waals surface area contributed by atoms with E-state index in [1.165, 1.54) is 25.9 Å². The Balaban J connectivity index is 1.19. The van der Waals surface area contributed by atoms with Gasteiger partial charge in [0.15, 0.2) is 0 Å². The summed E-state index contributed by atoms with van der Waals surface area (Å²) in [4.78, 5) is 30.6. The van der Waals surface area contributed by atoms with Crippen molar-refractivity contribution in [2.45, 2.75) is 31.7 Å². The minimum Gasteiger partial charge on any atom is -0.339 e. The Morgan fingerprint density at radius 1 is 0.968 bits per heavy atom. The number of piperidine rings is 1. The molecular formula is C23H26N6OS. The SMILES string of the molecule is O=C(c1ccc(Nc2nccc(-c3nccs3)n2)cc1)N1CCC(N2CCCC2)CC1. The summed E-state index contributed by atoms with van der Waals surface area (Å²) in [5, 5.41) is 6.00. The lowest BCUT2D eigenvalue weighted by Crippen LogP contribution is -2.45. The van der Waals surface area contributed by atoms with Crippen LogP contribution in [0, 0.1) is 0 Å². The Hall–Kier alpha value is -2.84.